The summed E-state index contributed by atoms with van der Waals surface area (Å²) in [6.45, 7) is 0. The van der Waals surface area contributed by atoms with E-state index in [9.17, 15) is 0 Å². The van der Waals surface area contributed by atoms with Gasteiger partial charge in [0.25, 0.3) is 0 Å². The van der Waals surface area contributed by atoms with Crippen LogP contribution < -0.4 is 22.1 Å². The molecule has 0 radical (unpaired) electrons. The summed E-state index contributed by atoms with van der Waals surface area (Å²) in [6.07, 6.45) is 2.31. The standard InChI is InChI=1S/C12H20N6.ClH/c13-11(14)17-10(18-12(15)16)8-4-7-9-5-2-1-3-6-9;/h1-3,5-6,10H,4,7-8H2,(H4,13,14,17)(H4,15,16,18);1H. The first-order chi connectivity index (χ1) is 8.58. The van der Waals surface area contributed by atoms with Crippen molar-refractivity contribution in [1.82, 2.24) is 10.6 Å². The van der Waals surface area contributed by atoms with Crippen molar-refractivity contribution in [2.45, 2.75) is 25.4 Å². The molecule has 7 heteroatoms. The molecule has 8 N–H and O–H groups in total. The first-order valence-corrected chi connectivity index (χ1v) is 5.83. The molecule has 0 heterocycles. The van der Waals surface area contributed by atoms with Gasteiger partial charge in [0.15, 0.2) is 11.9 Å². The predicted molar refractivity (Wildman–Crippen MR) is 80.5 cm³/mol. The molecule has 1 aromatic rings. The van der Waals surface area contributed by atoms with Crippen molar-refractivity contribution in [3.63, 3.8) is 0 Å². The van der Waals surface area contributed by atoms with Crippen molar-refractivity contribution in [3.05, 3.63) is 35.9 Å². The Labute approximate surface area is 119 Å². The van der Waals surface area contributed by atoms with Gasteiger partial charge in [-0.2, -0.15) is 0 Å². The second-order valence-electron chi connectivity index (χ2n) is 4.05. The number of nitrogens with two attached hydrogens (primary N) is 2. The molecule has 0 aromatic heterocycles. The maximum Gasteiger partial charge on any atom is 0.187 e. The van der Waals surface area contributed by atoms with Gasteiger partial charge >= 0.3 is 0 Å². The minimum atomic E-state index is -0.274. The Balaban J connectivity index is 0.00000324. The van der Waals surface area contributed by atoms with Crippen molar-refractivity contribution < 1.29 is 0 Å². The number of aryl methyl sites for hydroxylation is 1. The van der Waals surface area contributed by atoms with Crippen LogP contribution in [0.15, 0.2) is 30.3 Å². The minimum Gasteiger partial charge on any atom is -0.370 e. The monoisotopic (exact) mass is 284 g/mol. The summed E-state index contributed by atoms with van der Waals surface area (Å²) in [5, 5.41) is 19.8. The quantitative estimate of drug-likeness (QED) is 0.262. The highest BCUT2D eigenvalue weighted by Gasteiger charge is 2.08. The van der Waals surface area contributed by atoms with Gasteiger partial charge < -0.3 is 22.1 Å². The van der Waals surface area contributed by atoms with Crippen molar-refractivity contribution in [2.24, 2.45) is 11.5 Å². The molecule has 6 nitrogen and oxygen atoms in total. The van der Waals surface area contributed by atoms with Crippen LogP contribution in [0.5, 0.6) is 0 Å². The lowest BCUT2D eigenvalue weighted by atomic mass is 10.1. The molecule has 0 saturated carbocycles. The fraction of sp³-hybridized carbons (Fsp3) is 0.333. The number of hydrogen-bond acceptors (Lipinski definition) is 2. The molecule has 1 aromatic carbocycles. The van der Waals surface area contributed by atoms with Crippen molar-refractivity contribution in [1.29, 1.82) is 10.8 Å². The maximum atomic E-state index is 7.18. The lowest BCUT2D eigenvalue weighted by molar-refractivity contribution is 0.504. The molecule has 19 heavy (non-hydrogen) atoms. The average molecular weight is 285 g/mol. The Morgan fingerprint density at radius 2 is 1.58 bits per heavy atom. The van der Waals surface area contributed by atoms with Crippen LogP contribution in [0, 0.1) is 10.8 Å². The average Bonchev–Trinajstić information content (AvgIpc) is 2.28. The molecule has 0 atom stereocenters. The number of guanidine groups is 2. The van der Waals surface area contributed by atoms with E-state index in [0.717, 1.165) is 19.3 Å². The number of benzene rings is 1. The molecule has 0 saturated heterocycles. The van der Waals surface area contributed by atoms with Gasteiger partial charge in [0.05, 0.1) is 0 Å². The molecule has 1 rings (SSSR count). The Morgan fingerprint density at radius 3 is 2.05 bits per heavy atom. The summed E-state index contributed by atoms with van der Waals surface area (Å²) >= 11 is 0. The van der Waals surface area contributed by atoms with Crippen LogP contribution in [0.3, 0.4) is 0 Å². The lowest BCUT2D eigenvalue weighted by Gasteiger charge is -2.20. The van der Waals surface area contributed by atoms with E-state index in [1.54, 1.807) is 0 Å². The lowest BCUT2D eigenvalue weighted by Crippen LogP contribution is -2.51. The summed E-state index contributed by atoms with van der Waals surface area (Å²) in [6, 6.07) is 10.2. The van der Waals surface area contributed by atoms with E-state index >= 15 is 0 Å². The zero-order valence-electron chi connectivity index (χ0n) is 10.6. The van der Waals surface area contributed by atoms with Crippen molar-refractivity contribution in [3.8, 4) is 0 Å². The molecule has 0 aliphatic heterocycles. The molecule has 0 fully saturated rings. The maximum absolute atomic E-state index is 7.18. The fourth-order valence-electron chi connectivity index (χ4n) is 1.71. The predicted octanol–water partition coefficient (Wildman–Crippen LogP) is 0.723. The highest BCUT2D eigenvalue weighted by molar-refractivity contribution is 5.85. The number of rotatable bonds is 6. The third kappa shape index (κ3) is 7.88. The van der Waals surface area contributed by atoms with E-state index in [4.69, 9.17) is 22.3 Å². The van der Waals surface area contributed by atoms with Crippen molar-refractivity contribution >= 4 is 24.3 Å². The molecule has 0 amide bonds. The van der Waals surface area contributed by atoms with Gasteiger partial charge in [-0.25, -0.2) is 0 Å². The van der Waals surface area contributed by atoms with Crippen LogP contribution in [-0.2, 0) is 6.42 Å². The van der Waals surface area contributed by atoms with Crippen LogP contribution in [0.2, 0.25) is 0 Å². The van der Waals surface area contributed by atoms with Gasteiger partial charge in [-0.15, -0.1) is 12.4 Å². The first kappa shape index (κ1) is 17.1. The van der Waals surface area contributed by atoms with Gasteiger partial charge in [-0.3, -0.25) is 10.8 Å². The summed E-state index contributed by atoms with van der Waals surface area (Å²) in [4.78, 5) is 0. The second-order valence-corrected chi connectivity index (χ2v) is 4.05. The highest BCUT2D eigenvalue weighted by atomic mass is 35.5. The van der Waals surface area contributed by atoms with Gasteiger partial charge in [0.1, 0.15) is 6.17 Å². The fourth-order valence-corrected chi connectivity index (χ4v) is 1.71. The Bertz CT molecular complexity index is 378. The Kier molecular flexibility index (Phi) is 8.12. The molecule has 106 valence electrons. The van der Waals surface area contributed by atoms with E-state index in [2.05, 4.69) is 22.8 Å². The SMILES string of the molecule is Cl.N=C(N)NC(CCCc1ccccc1)NC(=N)N. The molecular weight excluding hydrogens is 264 g/mol. The smallest absolute Gasteiger partial charge is 0.187 e. The number of halogens is 1. The largest absolute Gasteiger partial charge is 0.370 e. The molecular formula is C12H21ClN6. The minimum absolute atomic E-state index is 0. The van der Waals surface area contributed by atoms with Gasteiger partial charge in [0, 0.05) is 0 Å². The first-order valence-electron chi connectivity index (χ1n) is 5.83. The van der Waals surface area contributed by atoms with E-state index in [1.165, 1.54) is 5.56 Å². The van der Waals surface area contributed by atoms with Crippen LogP contribution in [-0.4, -0.2) is 18.1 Å². The molecule has 0 bridgehead atoms. The van der Waals surface area contributed by atoms with Gasteiger partial charge in [0.2, 0.25) is 0 Å². The topological polar surface area (TPSA) is 124 Å². The zero-order chi connectivity index (χ0) is 13.4. The van der Waals surface area contributed by atoms with E-state index < -0.39 is 0 Å². The van der Waals surface area contributed by atoms with Gasteiger partial charge in [-0.1, -0.05) is 30.3 Å². The van der Waals surface area contributed by atoms with Crippen LogP contribution in [0.25, 0.3) is 0 Å². The zero-order valence-corrected chi connectivity index (χ0v) is 11.5. The van der Waals surface area contributed by atoms with Crippen LogP contribution >= 0.6 is 12.4 Å². The third-order valence-corrected chi connectivity index (χ3v) is 2.46. The van der Waals surface area contributed by atoms with E-state index in [-0.39, 0.29) is 30.5 Å². The van der Waals surface area contributed by atoms with Crippen LogP contribution in [0.4, 0.5) is 0 Å². The highest BCUT2D eigenvalue weighted by Crippen LogP contribution is 2.05. The summed E-state index contributed by atoms with van der Waals surface area (Å²) in [5.74, 6) is -0.262. The Hall–Kier alpha value is -1.95. The molecule has 0 aliphatic rings. The normalized spacial score (nSPS) is 10.9. The third-order valence-electron chi connectivity index (χ3n) is 2.46. The van der Waals surface area contributed by atoms with Crippen LogP contribution in [0.1, 0.15) is 18.4 Å². The molecule has 0 aliphatic carbocycles. The van der Waals surface area contributed by atoms with E-state index in [1.807, 2.05) is 18.2 Å². The summed E-state index contributed by atoms with van der Waals surface area (Å²) in [5.41, 5.74) is 11.8. The van der Waals surface area contributed by atoms with E-state index in [0.29, 0.717) is 0 Å². The van der Waals surface area contributed by atoms with Crippen molar-refractivity contribution in [2.75, 3.05) is 0 Å². The molecule has 0 spiro atoms. The number of hydrogen-bond donors (Lipinski definition) is 6. The van der Waals surface area contributed by atoms with Gasteiger partial charge in [-0.05, 0) is 24.8 Å². The summed E-state index contributed by atoms with van der Waals surface area (Å²) in [7, 11) is 0. The Morgan fingerprint density at radius 1 is 1.05 bits per heavy atom. The second kappa shape index (κ2) is 9.04. The summed E-state index contributed by atoms with van der Waals surface area (Å²) < 4.78 is 0. The molecule has 0 unspecified atom stereocenters. The number of nitrogens with one attached hydrogen (secondary N) is 4.